The van der Waals surface area contributed by atoms with Gasteiger partial charge in [0.15, 0.2) is 17.4 Å². The second-order valence-corrected chi connectivity index (χ2v) is 18.0. The van der Waals surface area contributed by atoms with E-state index in [4.69, 9.17) is 28.3 Å². The predicted octanol–water partition coefficient (Wildman–Crippen LogP) is 8.13. The monoisotopic (exact) mass is 933 g/mol. The van der Waals surface area contributed by atoms with Crippen LogP contribution in [-0.2, 0) is 25.7 Å². The van der Waals surface area contributed by atoms with Crippen molar-refractivity contribution in [1.29, 1.82) is 0 Å². The van der Waals surface area contributed by atoms with Gasteiger partial charge in [-0.05, 0) is 116 Å². The largest absolute Gasteiger partial charge is 0.484 e. The van der Waals surface area contributed by atoms with E-state index >= 15 is 0 Å². The first-order valence-corrected chi connectivity index (χ1v) is 22.8. The fourth-order valence-electron chi connectivity index (χ4n) is 8.12. The molecule has 0 bridgehead atoms. The minimum Gasteiger partial charge on any atom is -0.484 e. The standard InChI is InChI=1S/C51H47N7O7S2/c1-31-23-38(19-22-43(31)52-5)57-49(63)51(3,4)58(50(57)66)37-17-13-34(14-18-37)35-15-20-40(21-16-35)65-42-8-6-7-41(25-42)64-29-45(60)53-27-46(61)56-28-39(59)24-44(56)48(62)54-26-33-9-11-36(12-10-33)47-32(2)55-30-67-47/h6-23,25,30,39,44,59H,24,26-29H2,1-4H3,(H,53,60)(H,54,62)/t39-,44+/m1/s1. The first-order valence-electron chi connectivity index (χ1n) is 21.5. The molecule has 340 valence electrons. The zero-order valence-electron chi connectivity index (χ0n) is 37.2. The van der Waals surface area contributed by atoms with Crippen molar-refractivity contribution in [2.24, 2.45) is 0 Å². The van der Waals surface area contributed by atoms with Crippen molar-refractivity contribution in [1.82, 2.24) is 20.5 Å². The molecule has 16 heteroatoms. The number of thiocarbonyl (C=S) groups is 1. The number of amides is 4. The molecule has 0 spiro atoms. The molecule has 2 aliphatic heterocycles. The normalized spacial score (nSPS) is 16.4. The molecule has 3 heterocycles. The van der Waals surface area contributed by atoms with Crippen molar-refractivity contribution >= 4 is 69.4 Å². The Morgan fingerprint density at radius 2 is 1.55 bits per heavy atom. The summed E-state index contributed by atoms with van der Waals surface area (Å²) in [6, 6.07) is 34.4. The first kappa shape index (κ1) is 46.1. The fourth-order valence-corrected chi connectivity index (χ4v) is 9.45. The summed E-state index contributed by atoms with van der Waals surface area (Å²) in [5, 5.41) is 16.2. The molecule has 14 nitrogen and oxygen atoms in total. The maximum atomic E-state index is 13.7. The van der Waals surface area contributed by atoms with Gasteiger partial charge in [0.1, 0.15) is 28.8 Å². The van der Waals surface area contributed by atoms with Crippen LogP contribution in [0, 0.1) is 20.4 Å². The molecule has 1 aromatic heterocycles. The van der Waals surface area contributed by atoms with Crippen LogP contribution in [0.25, 0.3) is 26.4 Å². The molecule has 3 N–H and O–H groups in total. The van der Waals surface area contributed by atoms with Gasteiger partial charge in [-0.25, -0.2) is 9.83 Å². The van der Waals surface area contributed by atoms with Crippen LogP contribution < -0.4 is 29.9 Å². The number of nitrogens with zero attached hydrogens (tertiary/aromatic N) is 5. The number of hydrogen-bond acceptors (Lipinski definition) is 10. The van der Waals surface area contributed by atoms with Gasteiger partial charge in [0, 0.05) is 37.0 Å². The Kier molecular flexibility index (Phi) is 13.5. The Labute approximate surface area is 397 Å². The van der Waals surface area contributed by atoms with Crippen molar-refractivity contribution in [2.45, 2.75) is 58.3 Å². The number of thiazole rings is 1. The van der Waals surface area contributed by atoms with Crippen LogP contribution >= 0.6 is 23.6 Å². The molecule has 0 radical (unpaired) electrons. The maximum absolute atomic E-state index is 13.7. The number of rotatable bonds is 14. The second kappa shape index (κ2) is 19.6. The summed E-state index contributed by atoms with van der Waals surface area (Å²) < 4.78 is 11.8. The van der Waals surface area contributed by atoms with E-state index in [1.54, 1.807) is 53.2 Å². The lowest BCUT2D eigenvalue weighted by molar-refractivity contribution is -0.139. The smallest absolute Gasteiger partial charge is 0.259 e. The Morgan fingerprint density at radius 3 is 2.22 bits per heavy atom. The van der Waals surface area contributed by atoms with Gasteiger partial charge in [-0.15, -0.1) is 11.3 Å². The molecule has 2 fully saturated rings. The predicted molar refractivity (Wildman–Crippen MR) is 261 cm³/mol. The Bertz CT molecular complexity index is 2900. The summed E-state index contributed by atoms with van der Waals surface area (Å²) in [6.45, 7) is 14.3. The number of aryl methyl sites for hydroxylation is 2. The van der Waals surface area contributed by atoms with Gasteiger partial charge in [0.25, 0.3) is 11.8 Å². The van der Waals surface area contributed by atoms with Gasteiger partial charge in [0.05, 0.1) is 35.3 Å². The van der Waals surface area contributed by atoms with Gasteiger partial charge in [-0.3, -0.25) is 24.1 Å². The van der Waals surface area contributed by atoms with E-state index in [1.807, 2.05) is 111 Å². The number of carbonyl (C=O) groups is 4. The number of ether oxygens (including phenoxy) is 2. The van der Waals surface area contributed by atoms with Crippen molar-refractivity contribution in [2.75, 3.05) is 29.5 Å². The van der Waals surface area contributed by atoms with Gasteiger partial charge >= 0.3 is 0 Å². The van der Waals surface area contributed by atoms with Gasteiger partial charge in [-0.2, -0.15) is 0 Å². The number of anilines is 2. The van der Waals surface area contributed by atoms with E-state index < -0.39 is 29.5 Å². The van der Waals surface area contributed by atoms with Crippen LogP contribution in [-0.4, -0.2) is 81.1 Å². The third-order valence-corrected chi connectivity index (χ3v) is 13.1. The Balaban J connectivity index is 0.802. The van der Waals surface area contributed by atoms with E-state index in [2.05, 4.69) is 20.5 Å². The van der Waals surface area contributed by atoms with Crippen LogP contribution in [0.5, 0.6) is 17.2 Å². The topological polar surface area (TPSA) is 158 Å². The third-order valence-electron chi connectivity index (χ3n) is 11.7. The molecule has 67 heavy (non-hydrogen) atoms. The Hall–Kier alpha value is -7.45. The number of β-amino-alcohol motifs (C(OH)–C–C–N with tert-alkyl or cyclic N) is 1. The molecule has 4 amide bonds. The maximum Gasteiger partial charge on any atom is 0.259 e. The summed E-state index contributed by atoms with van der Waals surface area (Å²) in [7, 11) is 0. The highest BCUT2D eigenvalue weighted by Crippen LogP contribution is 2.39. The summed E-state index contributed by atoms with van der Waals surface area (Å²) in [5.74, 6) is -0.143. The SMILES string of the molecule is [C-]#[N+]c1ccc(N2C(=O)C(C)(C)N(c3ccc(-c4ccc(Oc5cccc(OCC(=O)NCC(=O)N6C[C@H](O)C[C@H]6C(=O)NCc6ccc(-c7scnc7C)cc6)c5)cc4)cc3)C2=S)cc1C. The number of benzene rings is 5. The number of likely N-dealkylation sites (tertiary alicyclic amines) is 1. The molecule has 0 aliphatic carbocycles. The molecular weight excluding hydrogens is 887 g/mol. The highest BCUT2D eigenvalue weighted by molar-refractivity contribution is 7.81. The number of aliphatic hydroxyl groups is 1. The van der Waals surface area contributed by atoms with Crippen LogP contribution in [0.2, 0.25) is 0 Å². The molecular formula is C51H47N7O7S2. The molecule has 5 aromatic carbocycles. The highest BCUT2D eigenvalue weighted by Gasteiger charge is 2.50. The van der Waals surface area contributed by atoms with E-state index in [0.29, 0.717) is 33.7 Å². The van der Waals surface area contributed by atoms with Gasteiger partial charge in [-0.1, -0.05) is 60.7 Å². The molecule has 2 aliphatic rings. The lowest BCUT2D eigenvalue weighted by Gasteiger charge is -2.29. The lowest BCUT2D eigenvalue weighted by Crippen LogP contribution is -2.49. The average molecular weight is 934 g/mol. The zero-order valence-corrected chi connectivity index (χ0v) is 38.8. The number of hydrogen-bond donors (Lipinski definition) is 3. The fraction of sp³-hybridized carbons (Fsp3) is 0.235. The quantitative estimate of drug-likeness (QED) is 0.0720. The van der Waals surface area contributed by atoms with Crippen molar-refractivity contribution in [3.8, 4) is 38.8 Å². The van der Waals surface area contributed by atoms with E-state index in [1.165, 1.54) is 9.80 Å². The van der Waals surface area contributed by atoms with Crippen molar-refractivity contribution < 1.29 is 33.8 Å². The van der Waals surface area contributed by atoms with Crippen molar-refractivity contribution in [3.05, 3.63) is 149 Å². The van der Waals surface area contributed by atoms with E-state index in [0.717, 1.165) is 44.1 Å². The van der Waals surface area contributed by atoms with E-state index in [9.17, 15) is 24.3 Å². The average Bonchev–Trinajstić information content (AvgIpc) is 3.99. The molecule has 2 atom stereocenters. The third kappa shape index (κ3) is 10.0. The molecule has 0 unspecified atom stereocenters. The number of aliphatic hydroxyl groups excluding tert-OH is 1. The number of aromatic nitrogens is 1. The van der Waals surface area contributed by atoms with E-state index in [-0.39, 0.29) is 44.5 Å². The summed E-state index contributed by atoms with van der Waals surface area (Å²) >= 11 is 7.43. The van der Waals surface area contributed by atoms with Crippen molar-refractivity contribution in [3.63, 3.8) is 0 Å². The second-order valence-electron chi connectivity index (χ2n) is 16.7. The van der Waals surface area contributed by atoms with Crippen LogP contribution in [0.1, 0.15) is 37.1 Å². The zero-order chi connectivity index (χ0) is 47.4. The summed E-state index contributed by atoms with van der Waals surface area (Å²) in [6.07, 6.45) is -0.772. The van der Waals surface area contributed by atoms with Gasteiger partial charge < -0.3 is 35.0 Å². The molecule has 8 rings (SSSR count). The molecule has 6 aromatic rings. The summed E-state index contributed by atoms with van der Waals surface area (Å²) in [4.78, 5) is 66.4. The minimum atomic E-state index is -0.941. The number of carbonyl (C=O) groups excluding carboxylic acids is 4. The Morgan fingerprint density at radius 1 is 0.881 bits per heavy atom. The minimum absolute atomic E-state index is 0.0189. The van der Waals surface area contributed by atoms with Crippen LogP contribution in [0.4, 0.5) is 17.1 Å². The van der Waals surface area contributed by atoms with Crippen LogP contribution in [0.3, 0.4) is 0 Å². The molecule has 2 saturated heterocycles. The van der Waals surface area contributed by atoms with Crippen LogP contribution in [0.15, 0.2) is 121 Å². The first-order chi connectivity index (χ1) is 32.2. The number of nitrogens with one attached hydrogen (secondary N) is 2. The lowest BCUT2D eigenvalue weighted by atomic mass is 10.0. The summed E-state index contributed by atoms with van der Waals surface area (Å²) in [5.41, 5.74) is 8.33. The highest BCUT2D eigenvalue weighted by atomic mass is 32.1. The van der Waals surface area contributed by atoms with Gasteiger partial charge in [0.2, 0.25) is 11.8 Å². The molecule has 0 saturated carbocycles.